The predicted octanol–water partition coefficient (Wildman–Crippen LogP) is 4.02. The second-order valence-corrected chi connectivity index (χ2v) is 5.78. The van der Waals surface area contributed by atoms with E-state index in [4.69, 9.17) is 16.3 Å². The molecule has 0 aliphatic carbocycles. The number of hydrogen-bond donors (Lipinski definition) is 1. The zero-order chi connectivity index (χ0) is 18.7. The second-order valence-electron chi connectivity index (χ2n) is 5.37. The molecule has 0 fully saturated rings. The molecule has 0 aliphatic heterocycles. The van der Waals surface area contributed by atoms with Gasteiger partial charge in [0.25, 0.3) is 5.91 Å². The Bertz CT molecular complexity index is 958. The number of nitrogens with one attached hydrogen (secondary N) is 1. The number of benzene rings is 2. The number of anilines is 1. The lowest BCUT2D eigenvalue weighted by atomic mass is 10.2. The molecule has 1 amide bonds. The van der Waals surface area contributed by atoms with Gasteiger partial charge in [-0.1, -0.05) is 23.7 Å². The quantitative estimate of drug-likeness (QED) is 0.732. The highest BCUT2D eigenvalue weighted by molar-refractivity contribution is 6.32. The van der Waals surface area contributed by atoms with E-state index in [1.54, 1.807) is 32.0 Å². The van der Waals surface area contributed by atoms with Gasteiger partial charge in [-0.3, -0.25) is 4.79 Å². The van der Waals surface area contributed by atoms with E-state index in [1.807, 2.05) is 6.07 Å². The van der Waals surface area contributed by atoms with Crippen molar-refractivity contribution in [3.63, 3.8) is 0 Å². The average Bonchev–Trinajstić information content (AvgIpc) is 3.00. The molecule has 1 N–H and O–H groups in total. The van der Waals surface area contributed by atoms with Crippen LogP contribution < -0.4 is 10.1 Å². The van der Waals surface area contributed by atoms with E-state index >= 15 is 0 Å². The molecule has 1 aromatic heterocycles. The van der Waals surface area contributed by atoms with Gasteiger partial charge in [0.15, 0.2) is 0 Å². The van der Waals surface area contributed by atoms with Crippen LogP contribution in [0.3, 0.4) is 0 Å². The minimum atomic E-state index is -0.536. The molecular formula is C18H16ClFN4O2. The molecule has 2 aromatic carbocycles. The summed E-state index contributed by atoms with van der Waals surface area (Å²) >= 11 is 6.18. The Hall–Kier alpha value is -2.93. The standard InChI is InChI=1S/C18H16ClFN4O2/c1-3-26-16-10-12(20)8-9-14(16)22-18(25)17-21-11(2)24(23-17)15-7-5-4-6-13(15)19/h4-10H,3H2,1-2H3,(H,22,25). The maximum absolute atomic E-state index is 13.4. The number of carbonyl (C=O) groups excluding carboxylic acids is 1. The van der Waals surface area contributed by atoms with Crippen LogP contribution in [0, 0.1) is 12.7 Å². The van der Waals surface area contributed by atoms with Crippen LogP contribution in [0.4, 0.5) is 10.1 Å². The summed E-state index contributed by atoms with van der Waals surface area (Å²) in [4.78, 5) is 16.7. The van der Waals surface area contributed by atoms with Crippen molar-refractivity contribution in [2.24, 2.45) is 0 Å². The second kappa shape index (κ2) is 7.53. The van der Waals surface area contributed by atoms with Crippen molar-refractivity contribution in [3.8, 4) is 11.4 Å². The molecule has 0 saturated heterocycles. The van der Waals surface area contributed by atoms with E-state index in [1.165, 1.54) is 22.9 Å². The van der Waals surface area contributed by atoms with Crippen molar-refractivity contribution in [3.05, 3.63) is 65.0 Å². The van der Waals surface area contributed by atoms with Crippen molar-refractivity contribution in [2.75, 3.05) is 11.9 Å². The van der Waals surface area contributed by atoms with Crippen molar-refractivity contribution < 1.29 is 13.9 Å². The summed E-state index contributed by atoms with van der Waals surface area (Å²) in [5.41, 5.74) is 0.958. The lowest BCUT2D eigenvalue weighted by molar-refractivity contribution is 0.101. The van der Waals surface area contributed by atoms with Crippen molar-refractivity contribution in [1.82, 2.24) is 14.8 Å². The Balaban J connectivity index is 1.88. The number of para-hydroxylation sites is 1. The molecular weight excluding hydrogens is 359 g/mol. The van der Waals surface area contributed by atoms with Crippen molar-refractivity contribution >= 4 is 23.2 Å². The maximum Gasteiger partial charge on any atom is 0.295 e. The molecule has 26 heavy (non-hydrogen) atoms. The fourth-order valence-corrected chi connectivity index (χ4v) is 2.61. The number of carbonyl (C=O) groups is 1. The van der Waals surface area contributed by atoms with Gasteiger partial charge in [0.2, 0.25) is 5.82 Å². The van der Waals surface area contributed by atoms with Gasteiger partial charge in [-0.15, -0.1) is 5.10 Å². The Morgan fingerprint density at radius 1 is 1.31 bits per heavy atom. The first-order valence-electron chi connectivity index (χ1n) is 7.92. The summed E-state index contributed by atoms with van der Waals surface area (Å²) in [6, 6.07) is 11.0. The van der Waals surface area contributed by atoms with Crippen LogP contribution in [0.5, 0.6) is 5.75 Å². The van der Waals surface area contributed by atoms with E-state index in [2.05, 4.69) is 15.4 Å². The lowest BCUT2D eigenvalue weighted by Crippen LogP contribution is -2.15. The van der Waals surface area contributed by atoms with Gasteiger partial charge in [-0.25, -0.2) is 14.1 Å². The molecule has 3 aromatic rings. The molecule has 0 atom stereocenters. The SMILES string of the molecule is CCOc1cc(F)ccc1NC(=O)c1nc(C)n(-c2ccccc2Cl)n1. The first-order chi connectivity index (χ1) is 12.5. The third kappa shape index (κ3) is 3.67. The highest BCUT2D eigenvalue weighted by atomic mass is 35.5. The van der Waals surface area contributed by atoms with Crippen LogP contribution in [0.2, 0.25) is 5.02 Å². The third-order valence-electron chi connectivity index (χ3n) is 3.54. The molecule has 0 spiro atoms. The Kier molecular flexibility index (Phi) is 5.18. The van der Waals surface area contributed by atoms with Crippen LogP contribution >= 0.6 is 11.6 Å². The molecule has 0 bridgehead atoms. The highest BCUT2D eigenvalue weighted by Crippen LogP contribution is 2.26. The molecule has 0 unspecified atom stereocenters. The van der Waals surface area contributed by atoms with Crippen LogP contribution in [0.1, 0.15) is 23.4 Å². The maximum atomic E-state index is 13.4. The van der Waals surface area contributed by atoms with E-state index < -0.39 is 11.7 Å². The van der Waals surface area contributed by atoms with E-state index in [0.29, 0.717) is 28.8 Å². The minimum absolute atomic E-state index is 0.0332. The first kappa shape index (κ1) is 17.9. The van der Waals surface area contributed by atoms with Gasteiger partial charge >= 0.3 is 0 Å². The highest BCUT2D eigenvalue weighted by Gasteiger charge is 2.18. The average molecular weight is 375 g/mol. The van der Waals surface area contributed by atoms with Crippen LogP contribution in [0.15, 0.2) is 42.5 Å². The summed E-state index contributed by atoms with van der Waals surface area (Å²) in [7, 11) is 0. The normalized spacial score (nSPS) is 10.6. The third-order valence-corrected chi connectivity index (χ3v) is 3.86. The molecule has 8 heteroatoms. The number of halogens is 2. The number of aryl methyl sites for hydroxylation is 1. The smallest absolute Gasteiger partial charge is 0.295 e. The molecule has 6 nitrogen and oxygen atoms in total. The summed E-state index contributed by atoms with van der Waals surface area (Å²) in [5.74, 6) is -0.278. The summed E-state index contributed by atoms with van der Waals surface area (Å²) in [6.45, 7) is 3.83. The van der Waals surface area contributed by atoms with Crippen LogP contribution in [-0.2, 0) is 0 Å². The molecule has 0 aliphatic rings. The Morgan fingerprint density at radius 2 is 2.08 bits per heavy atom. The van der Waals surface area contributed by atoms with Gasteiger partial charge in [0.1, 0.15) is 17.4 Å². The number of hydrogen-bond acceptors (Lipinski definition) is 4. The number of ether oxygens (including phenoxy) is 1. The van der Waals surface area contributed by atoms with E-state index in [0.717, 1.165) is 0 Å². The Labute approximate surface area is 154 Å². The minimum Gasteiger partial charge on any atom is -0.492 e. The van der Waals surface area contributed by atoms with Crippen LogP contribution in [0.25, 0.3) is 5.69 Å². The molecule has 0 radical (unpaired) electrons. The predicted molar refractivity (Wildman–Crippen MR) is 96.6 cm³/mol. The zero-order valence-corrected chi connectivity index (χ0v) is 14.9. The van der Waals surface area contributed by atoms with Crippen LogP contribution in [-0.4, -0.2) is 27.3 Å². The number of nitrogens with zero attached hydrogens (tertiary/aromatic N) is 3. The number of rotatable bonds is 5. The van der Waals surface area contributed by atoms with Crippen molar-refractivity contribution in [1.29, 1.82) is 0 Å². The van der Waals surface area contributed by atoms with E-state index in [-0.39, 0.29) is 11.6 Å². The fourth-order valence-electron chi connectivity index (χ4n) is 2.39. The van der Waals surface area contributed by atoms with Gasteiger partial charge < -0.3 is 10.1 Å². The molecule has 1 heterocycles. The van der Waals surface area contributed by atoms with Crippen molar-refractivity contribution in [2.45, 2.75) is 13.8 Å². The summed E-state index contributed by atoms with van der Waals surface area (Å²) < 4.78 is 20.2. The van der Waals surface area contributed by atoms with Gasteiger partial charge in [-0.2, -0.15) is 0 Å². The molecule has 134 valence electrons. The van der Waals surface area contributed by atoms with E-state index in [9.17, 15) is 9.18 Å². The monoisotopic (exact) mass is 374 g/mol. The largest absolute Gasteiger partial charge is 0.492 e. The first-order valence-corrected chi connectivity index (χ1v) is 8.29. The zero-order valence-electron chi connectivity index (χ0n) is 14.2. The molecule has 3 rings (SSSR count). The fraction of sp³-hybridized carbons (Fsp3) is 0.167. The van der Waals surface area contributed by atoms with Gasteiger partial charge in [0, 0.05) is 6.07 Å². The van der Waals surface area contributed by atoms with Gasteiger partial charge in [-0.05, 0) is 38.1 Å². The summed E-state index contributed by atoms with van der Waals surface area (Å²) in [5, 5.41) is 7.36. The number of aromatic nitrogens is 3. The number of amides is 1. The molecule has 0 saturated carbocycles. The summed E-state index contributed by atoms with van der Waals surface area (Å²) in [6.07, 6.45) is 0. The Morgan fingerprint density at radius 3 is 2.81 bits per heavy atom. The lowest BCUT2D eigenvalue weighted by Gasteiger charge is -2.10. The van der Waals surface area contributed by atoms with Gasteiger partial charge in [0.05, 0.1) is 23.0 Å². The topological polar surface area (TPSA) is 69.0 Å².